The van der Waals surface area contributed by atoms with Gasteiger partial charge >= 0.3 is 6.18 Å². The molecule has 17 heavy (non-hydrogen) atoms. The molecule has 0 bridgehead atoms. The highest BCUT2D eigenvalue weighted by Crippen LogP contribution is 2.38. The Hall–Kier alpha value is -1.10. The first-order valence-corrected chi connectivity index (χ1v) is 5.52. The van der Waals surface area contributed by atoms with Crippen LogP contribution in [0.2, 0.25) is 0 Å². The molecule has 1 heterocycles. The minimum Gasteiger partial charge on any atom is -0.310 e. The van der Waals surface area contributed by atoms with Crippen molar-refractivity contribution in [2.45, 2.75) is 25.1 Å². The van der Waals surface area contributed by atoms with Gasteiger partial charge in [-0.25, -0.2) is 4.39 Å². The Balaban J connectivity index is 2.09. The topological polar surface area (TPSA) is 12.0 Å². The van der Waals surface area contributed by atoms with Crippen molar-refractivity contribution in [2.24, 2.45) is 5.92 Å². The van der Waals surface area contributed by atoms with Gasteiger partial charge < -0.3 is 5.32 Å². The largest absolute Gasteiger partial charge is 0.391 e. The number of piperidine rings is 1. The van der Waals surface area contributed by atoms with Crippen LogP contribution < -0.4 is 5.32 Å². The molecule has 0 radical (unpaired) electrons. The van der Waals surface area contributed by atoms with Gasteiger partial charge in [-0.1, -0.05) is 12.1 Å². The molecule has 1 fully saturated rings. The molecule has 2 unspecified atom stereocenters. The van der Waals surface area contributed by atoms with Gasteiger partial charge in [0.2, 0.25) is 0 Å². The lowest BCUT2D eigenvalue weighted by atomic mass is 9.88. The maximum atomic E-state index is 12.7. The first-order valence-electron chi connectivity index (χ1n) is 5.52. The number of halogens is 4. The van der Waals surface area contributed by atoms with E-state index in [4.69, 9.17) is 0 Å². The molecule has 1 aromatic rings. The van der Waals surface area contributed by atoms with Crippen molar-refractivity contribution < 1.29 is 17.6 Å². The van der Waals surface area contributed by atoms with Crippen molar-refractivity contribution in [2.75, 3.05) is 6.54 Å². The summed E-state index contributed by atoms with van der Waals surface area (Å²) in [6.07, 6.45) is -4.00. The molecule has 1 N–H and O–H groups in total. The smallest absolute Gasteiger partial charge is 0.310 e. The SMILES string of the molecule is Fc1ccc(C2CC(C(F)(F)F)CCN2)cc1. The monoisotopic (exact) mass is 247 g/mol. The molecule has 1 nitrogen and oxygen atoms in total. The van der Waals surface area contributed by atoms with Gasteiger partial charge in [0, 0.05) is 6.04 Å². The quantitative estimate of drug-likeness (QED) is 0.750. The van der Waals surface area contributed by atoms with Crippen molar-refractivity contribution in [3.05, 3.63) is 35.6 Å². The lowest BCUT2D eigenvalue weighted by molar-refractivity contribution is -0.183. The minimum atomic E-state index is -4.14. The van der Waals surface area contributed by atoms with E-state index in [1.807, 2.05) is 0 Å². The number of hydrogen-bond donors (Lipinski definition) is 1. The maximum absolute atomic E-state index is 12.7. The first-order chi connectivity index (χ1) is 7.97. The van der Waals surface area contributed by atoms with Crippen LogP contribution in [0.4, 0.5) is 17.6 Å². The van der Waals surface area contributed by atoms with E-state index in [0.717, 1.165) is 0 Å². The fourth-order valence-corrected chi connectivity index (χ4v) is 2.16. The maximum Gasteiger partial charge on any atom is 0.391 e. The predicted molar refractivity (Wildman–Crippen MR) is 55.9 cm³/mol. The van der Waals surface area contributed by atoms with Gasteiger partial charge in [0.25, 0.3) is 0 Å². The highest BCUT2D eigenvalue weighted by atomic mass is 19.4. The number of alkyl halides is 3. The third kappa shape index (κ3) is 2.97. The molecule has 94 valence electrons. The summed E-state index contributed by atoms with van der Waals surface area (Å²) in [6, 6.07) is 5.27. The van der Waals surface area contributed by atoms with E-state index in [0.29, 0.717) is 12.1 Å². The highest BCUT2D eigenvalue weighted by molar-refractivity contribution is 5.20. The third-order valence-electron chi connectivity index (χ3n) is 3.14. The van der Waals surface area contributed by atoms with E-state index < -0.39 is 12.1 Å². The van der Waals surface area contributed by atoms with Gasteiger partial charge in [-0.3, -0.25) is 0 Å². The van der Waals surface area contributed by atoms with Gasteiger partial charge in [0.15, 0.2) is 0 Å². The third-order valence-corrected chi connectivity index (χ3v) is 3.14. The van der Waals surface area contributed by atoms with Crippen LogP contribution in [-0.2, 0) is 0 Å². The van der Waals surface area contributed by atoms with Crippen LogP contribution in [-0.4, -0.2) is 12.7 Å². The van der Waals surface area contributed by atoms with Gasteiger partial charge in [-0.05, 0) is 37.1 Å². The molecular formula is C12H13F4N. The number of nitrogens with one attached hydrogen (secondary N) is 1. The van der Waals surface area contributed by atoms with Crippen molar-refractivity contribution in [3.8, 4) is 0 Å². The van der Waals surface area contributed by atoms with Crippen molar-refractivity contribution in [1.82, 2.24) is 5.32 Å². The normalized spacial score (nSPS) is 25.9. The van der Waals surface area contributed by atoms with E-state index in [1.54, 1.807) is 0 Å². The summed E-state index contributed by atoms with van der Waals surface area (Å²) in [5.41, 5.74) is 0.709. The Labute approximate surface area is 96.8 Å². The van der Waals surface area contributed by atoms with Crippen LogP contribution in [0.25, 0.3) is 0 Å². The lowest BCUT2D eigenvalue weighted by Gasteiger charge is -2.31. The Kier molecular flexibility index (Phi) is 3.38. The molecule has 0 spiro atoms. The Morgan fingerprint density at radius 3 is 2.35 bits per heavy atom. The summed E-state index contributed by atoms with van der Waals surface area (Å²) in [7, 11) is 0. The van der Waals surface area contributed by atoms with Crippen LogP contribution in [0.1, 0.15) is 24.4 Å². The summed E-state index contributed by atoms with van der Waals surface area (Å²) in [5, 5.41) is 3.03. The van der Waals surface area contributed by atoms with Crippen molar-refractivity contribution in [3.63, 3.8) is 0 Å². The predicted octanol–water partition coefficient (Wildman–Crippen LogP) is 3.43. The fourth-order valence-electron chi connectivity index (χ4n) is 2.16. The molecule has 0 saturated carbocycles. The van der Waals surface area contributed by atoms with Crippen molar-refractivity contribution >= 4 is 0 Å². The molecule has 0 aromatic heterocycles. The van der Waals surface area contributed by atoms with Gasteiger partial charge in [-0.15, -0.1) is 0 Å². The Bertz CT molecular complexity index is 371. The Morgan fingerprint density at radius 1 is 1.12 bits per heavy atom. The first kappa shape index (κ1) is 12.4. The van der Waals surface area contributed by atoms with Crippen LogP contribution in [0.15, 0.2) is 24.3 Å². The molecule has 1 aliphatic heterocycles. The standard InChI is InChI=1S/C12H13F4N/c13-10-3-1-8(2-4-10)11-7-9(5-6-17-11)12(14,15)16/h1-4,9,11,17H,5-7H2. The van der Waals surface area contributed by atoms with Gasteiger partial charge in [-0.2, -0.15) is 13.2 Å². The zero-order chi connectivity index (χ0) is 12.5. The van der Waals surface area contributed by atoms with Crippen LogP contribution in [0.3, 0.4) is 0 Å². The number of rotatable bonds is 1. The second kappa shape index (κ2) is 4.64. The second-order valence-corrected chi connectivity index (χ2v) is 4.32. The lowest BCUT2D eigenvalue weighted by Crippen LogP contribution is -2.38. The molecular weight excluding hydrogens is 234 g/mol. The van der Waals surface area contributed by atoms with Crippen molar-refractivity contribution in [1.29, 1.82) is 0 Å². The summed E-state index contributed by atoms with van der Waals surface area (Å²) >= 11 is 0. The van der Waals surface area contributed by atoms with E-state index in [1.165, 1.54) is 24.3 Å². The van der Waals surface area contributed by atoms with Crippen LogP contribution in [0.5, 0.6) is 0 Å². The molecule has 2 rings (SSSR count). The molecule has 5 heteroatoms. The summed E-state index contributed by atoms with van der Waals surface area (Å²) in [6.45, 7) is 0.340. The minimum absolute atomic E-state index is 0.0229. The summed E-state index contributed by atoms with van der Waals surface area (Å²) in [4.78, 5) is 0. The fraction of sp³-hybridized carbons (Fsp3) is 0.500. The van der Waals surface area contributed by atoms with E-state index in [-0.39, 0.29) is 24.7 Å². The zero-order valence-electron chi connectivity index (χ0n) is 9.10. The average Bonchev–Trinajstić information content (AvgIpc) is 2.29. The molecule has 1 aliphatic rings. The second-order valence-electron chi connectivity index (χ2n) is 4.32. The van der Waals surface area contributed by atoms with Crippen LogP contribution in [0, 0.1) is 11.7 Å². The molecule has 2 atom stereocenters. The van der Waals surface area contributed by atoms with E-state index >= 15 is 0 Å². The van der Waals surface area contributed by atoms with E-state index in [2.05, 4.69) is 5.32 Å². The average molecular weight is 247 g/mol. The molecule has 1 aromatic carbocycles. The summed E-state index contributed by atoms with van der Waals surface area (Å²) < 4.78 is 50.5. The van der Waals surface area contributed by atoms with Crippen LogP contribution >= 0.6 is 0 Å². The highest BCUT2D eigenvalue weighted by Gasteiger charge is 2.42. The molecule has 0 aliphatic carbocycles. The molecule has 1 saturated heterocycles. The zero-order valence-corrected chi connectivity index (χ0v) is 9.10. The van der Waals surface area contributed by atoms with Gasteiger partial charge in [0.1, 0.15) is 5.82 Å². The van der Waals surface area contributed by atoms with Gasteiger partial charge in [0.05, 0.1) is 5.92 Å². The summed E-state index contributed by atoms with van der Waals surface area (Å²) in [5.74, 6) is -1.64. The molecule has 0 amide bonds. The number of benzene rings is 1. The number of hydrogen-bond acceptors (Lipinski definition) is 1. The van der Waals surface area contributed by atoms with E-state index in [9.17, 15) is 17.6 Å². The Morgan fingerprint density at radius 2 is 1.76 bits per heavy atom.